The summed E-state index contributed by atoms with van der Waals surface area (Å²) in [6.45, 7) is 3.01. The lowest BCUT2D eigenvalue weighted by molar-refractivity contribution is -0.117. The van der Waals surface area contributed by atoms with Crippen molar-refractivity contribution in [2.24, 2.45) is 0 Å². The maximum atomic E-state index is 13.1. The second-order valence-electron chi connectivity index (χ2n) is 7.82. The van der Waals surface area contributed by atoms with Crippen LogP contribution in [-0.2, 0) is 11.2 Å². The van der Waals surface area contributed by atoms with Crippen LogP contribution >= 0.6 is 0 Å². The fraction of sp³-hybridized carbons (Fsp3) is 0.259. The van der Waals surface area contributed by atoms with Crippen LogP contribution in [0.15, 0.2) is 78.9 Å². The Morgan fingerprint density at radius 1 is 0.879 bits per heavy atom. The molecule has 0 heterocycles. The first-order valence-corrected chi connectivity index (χ1v) is 11.2. The first kappa shape index (κ1) is 24.0. The number of amides is 1. The van der Waals surface area contributed by atoms with Crippen LogP contribution in [0.1, 0.15) is 22.6 Å². The zero-order valence-corrected chi connectivity index (χ0v) is 19.0. The van der Waals surface area contributed by atoms with Crippen LogP contribution in [0.5, 0.6) is 0 Å². The molecule has 0 fully saturated rings. The fourth-order valence-electron chi connectivity index (χ4n) is 3.50. The summed E-state index contributed by atoms with van der Waals surface area (Å²) in [5.41, 5.74) is 4.59. The summed E-state index contributed by atoms with van der Waals surface area (Å²) in [5, 5.41) is 21.8. The van der Waals surface area contributed by atoms with Gasteiger partial charge in [-0.05, 0) is 67.5 Å². The Labute approximate surface area is 196 Å². The number of hydrogen-bond donors (Lipinski definition) is 4. The predicted octanol–water partition coefficient (Wildman–Crippen LogP) is 3.74. The Bertz CT molecular complexity index is 1030. The fourth-order valence-corrected chi connectivity index (χ4v) is 3.50. The maximum Gasteiger partial charge on any atom is 0.233 e. The lowest BCUT2D eigenvalue weighted by Crippen LogP contribution is -2.32. The third kappa shape index (κ3) is 7.76. The van der Waals surface area contributed by atoms with Crippen LogP contribution < -0.4 is 21.3 Å². The van der Waals surface area contributed by atoms with E-state index in [1.807, 2.05) is 85.9 Å². The van der Waals surface area contributed by atoms with Crippen molar-refractivity contribution in [1.29, 1.82) is 5.26 Å². The van der Waals surface area contributed by atoms with Crippen LogP contribution in [0.2, 0.25) is 0 Å². The number of hydrogen-bond acceptors (Lipinski definition) is 5. The highest BCUT2D eigenvalue weighted by Crippen LogP contribution is 2.19. The van der Waals surface area contributed by atoms with Gasteiger partial charge in [-0.1, -0.05) is 42.5 Å². The van der Waals surface area contributed by atoms with Crippen molar-refractivity contribution in [3.63, 3.8) is 0 Å². The van der Waals surface area contributed by atoms with E-state index in [4.69, 9.17) is 5.26 Å². The van der Waals surface area contributed by atoms with Crippen molar-refractivity contribution >= 4 is 17.3 Å². The zero-order valence-electron chi connectivity index (χ0n) is 19.0. The van der Waals surface area contributed by atoms with Gasteiger partial charge in [0, 0.05) is 31.0 Å². The van der Waals surface area contributed by atoms with Crippen LogP contribution in [-0.4, -0.2) is 39.1 Å². The van der Waals surface area contributed by atoms with Crippen molar-refractivity contribution in [1.82, 2.24) is 10.6 Å². The molecule has 0 saturated carbocycles. The second kappa shape index (κ2) is 13.0. The minimum atomic E-state index is -0.305. The Morgan fingerprint density at radius 3 is 2.24 bits per heavy atom. The summed E-state index contributed by atoms with van der Waals surface area (Å²) < 4.78 is 0. The summed E-state index contributed by atoms with van der Waals surface area (Å²) in [7, 11) is 1.92. The summed E-state index contributed by atoms with van der Waals surface area (Å²) >= 11 is 0. The Kier molecular flexibility index (Phi) is 9.46. The van der Waals surface area contributed by atoms with Gasteiger partial charge >= 0.3 is 0 Å². The smallest absolute Gasteiger partial charge is 0.233 e. The number of benzene rings is 3. The summed E-state index contributed by atoms with van der Waals surface area (Å²) in [4.78, 5) is 13.1. The average molecular weight is 442 g/mol. The Hall–Kier alpha value is -3.66. The molecule has 6 nitrogen and oxygen atoms in total. The molecule has 0 aliphatic carbocycles. The van der Waals surface area contributed by atoms with Gasteiger partial charge in [0.15, 0.2) is 0 Å². The normalized spacial score (nSPS) is 11.4. The quantitative estimate of drug-likeness (QED) is 0.322. The molecule has 0 aromatic heterocycles. The van der Waals surface area contributed by atoms with Crippen molar-refractivity contribution in [2.75, 3.05) is 43.9 Å². The molecule has 1 unspecified atom stereocenters. The van der Waals surface area contributed by atoms with E-state index in [2.05, 4.69) is 27.3 Å². The van der Waals surface area contributed by atoms with E-state index < -0.39 is 0 Å². The summed E-state index contributed by atoms with van der Waals surface area (Å²) in [6.07, 6.45) is 0.830. The van der Waals surface area contributed by atoms with Crippen molar-refractivity contribution in [3.8, 4) is 6.07 Å². The number of nitrogens with one attached hydrogen (secondary N) is 4. The van der Waals surface area contributed by atoms with Crippen LogP contribution in [0.4, 0.5) is 11.4 Å². The number of carbonyl (C=O) groups excluding carboxylic acids is 1. The molecule has 0 spiro atoms. The molecule has 33 heavy (non-hydrogen) atoms. The van der Waals surface area contributed by atoms with Gasteiger partial charge in [-0.25, -0.2) is 0 Å². The second-order valence-corrected chi connectivity index (χ2v) is 7.82. The number of nitriles is 1. The molecule has 0 aliphatic heterocycles. The molecule has 1 atom stereocenters. The number of likely N-dealkylation sites (N-methyl/N-ethyl adjacent to an activating group) is 1. The molecule has 3 rings (SSSR count). The molecule has 0 bridgehead atoms. The molecule has 3 aromatic rings. The highest BCUT2D eigenvalue weighted by Gasteiger charge is 2.20. The zero-order chi connectivity index (χ0) is 23.3. The van der Waals surface area contributed by atoms with E-state index in [1.165, 1.54) is 0 Å². The van der Waals surface area contributed by atoms with Gasteiger partial charge in [0.25, 0.3) is 0 Å². The van der Waals surface area contributed by atoms with Gasteiger partial charge in [-0.2, -0.15) is 5.26 Å². The minimum absolute atomic E-state index is 0.0389. The Balaban J connectivity index is 1.57. The topological polar surface area (TPSA) is 89.0 Å². The van der Waals surface area contributed by atoms with Crippen molar-refractivity contribution < 1.29 is 4.79 Å². The van der Waals surface area contributed by atoms with Crippen LogP contribution in [0.3, 0.4) is 0 Å². The van der Waals surface area contributed by atoms with E-state index in [1.54, 1.807) is 0 Å². The largest absolute Gasteiger partial charge is 0.384 e. The van der Waals surface area contributed by atoms with Gasteiger partial charge < -0.3 is 21.3 Å². The molecule has 0 radical (unpaired) electrons. The molecule has 1 amide bonds. The molecule has 6 heteroatoms. The number of anilines is 2. The first-order chi connectivity index (χ1) is 16.2. The van der Waals surface area contributed by atoms with E-state index in [9.17, 15) is 4.79 Å². The molecule has 4 N–H and O–H groups in total. The van der Waals surface area contributed by atoms with Gasteiger partial charge in [0.2, 0.25) is 5.91 Å². The highest BCUT2D eigenvalue weighted by atomic mass is 16.1. The highest BCUT2D eigenvalue weighted by molar-refractivity contribution is 5.96. The lowest BCUT2D eigenvalue weighted by Gasteiger charge is -2.18. The average Bonchev–Trinajstić information content (AvgIpc) is 2.86. The molecular formula is C27H31N5O. The number of nitrogens with zero attached hydrogens (tertiary/aromatic N) is 1. The Morgan fingerprint density at radius 2 is 1.58 bits per heavy atom. The first-order valence-electron chi connectivity index (χ1n) is 11.2. The molecule has 0 saturated heterocycles. The summed E-state index contributed by atoms with van der Waals surface area (Å²) in [6, 6.07) is 27.4. The van der Waals surface area contributed by atoms with Crippen LogP contribution in [0, 0.1) is 11.3 Å². The number of rotatable bonds is 12. The van der Waals surface area contributed by atoms with Crippen molar-refractivity contribution in [2.45, 2.75) is 12.3 Å². The standard InChI is InChI=1S/C27H31N5O/c1-29-17-18-31-24-11-13-25(14-12-24)32-27(33)26(23-5-3-2-4-6-23)20-30-16-15-21-7-9-22(19-28)10-8-21/h2-14,26,29-31H,15-18,20H2,1H3,(H,32,33). The van der Waals surface area contributed by atoms with Crippen molar-refractivity contribution in [3.05, 3.63) is 95.6 Å². The van der Waals surface area contributed by atoms with Gasteiger partial charge in [0.05, 0.1) is 17.6 Å². The molecule has 170 valence electrons. The third-order valence-electron chi connectivity index (χ3n) is 5.40. The van der Waals surface area contributed by atoms with Crippen LogP contribution in [0.25, 0.3) is 0 Å². The van der Waals surface area contributed by atoms with E-state index in [-0.39, 0.29) is 11.8 Å². The molecule has 0 aliphatic rings. The lowest BCUT2D eigenvalue weighted by atomic mass is 9.97. The van der Waals surface area contributed by atoms with E-state index in [0.29, 0.717) is 12.1 Å². The maximum absolute atomic E-state index is 13.1. The summed E-state index contributed by atoms with van der Waals surface area (Å²) in [5.74, 6) is -0.344. The van der Waals surface area contributed by atoms with E-state index >= 15 is 0 Å². The molecular weight excluding hydrogens is 410 g/mol. The third-order valence-corrected chi connectivity index (χ3v) is 5.40. The number of carbonyl (C=O) groups is 1. The minimum Gasteiger partial charge on any atom is -0.384 e. The SMILES string of the molecule is CNCCNc1ccc(NC(=O)C(CNCCc2ccc(C#N)cc2)c2ccccc2)cc1. The van der Waals surface area contributed by atoms with Gasteiger partial charge in [-0.3, -0.25) is 4.79 Å². The van der Waals surface area contributed by atoms with Gasteiger partial charge in [-0.15, -0.1) is 0 Å². The molecule has 3 aromatic carbocycles. The predicted molar refractivity (Wildman–Crippen MR) is 134 cm³/mol. The van der Waals surface area contributed by atoms with E-state index in [0.717, 1.165) is 48.6 Å². The van der Waals surface area contributed by atoms with Gasteiger partial charge in [0.1, 0.15) is 0 Å². The monoisotopic (exact) mass is 441 g/mol.